The number of aliphatic hydroxyl groups is 1. The maximum Gasteiger partial charge on any atom is 0.127 e. The molecule has 98 valence electrons. The lowest BCUT2D eigenvalue weighted by Gasteiger charge is -2.30. The van der Waals surface area contributed by atoms with Crippen LogP contribution in [-0.4, -0.2) is 5.11 Å². The van der Waals surface area contributed by atoms with Crippen molar-refractivity contribution in [1.82, 2.24) is 0 Å². The minimum absolute atomic E-state index is 0.186. The van der Waals surface area contributed by atoms with Crippen molar-refractivity contribution in [2.24, 2.45) is 0 Å². The first-order valence-electron chi connectivity index (χ1n) is 6.35. The van der Waals surface area contributed by atoms with Crippen molar-refractivity contribution in [3.05, 3.63) is 65.0 Å². The molecule has 3 heteroatoms. The highest BCUT2D eigenvalue weighted by Crippen LogP contribution is 2.41. The topological polar surface area (TPSA) is 29.5 Å². The van der Waals surface area contributed by atoms with Gasteiger partial charge in [-0.2, -0.15) is 0 Å². The van der Waals surface area contributed by atoms with Crippen LogP contribution in [0.3, 0.4) is 0 Å². The molecule has 0 amide bonds. The molecule has 0 fully saturated rings. The molecule has 0 bridgehead atoms. The lowest BCUT2D eigenvalue weighted by Crippen LogP contribution is -2.19. The van der Waals surface area contributed by atoms with E-state index in [-0.39, 0.29) is 11.9 Å². The molecule has 2 aromatic rings. The van der Waals surface area contributed by atoms with E-state index in [0.717, 1.165) is 11.1 Å². The largest absolute Gasteiger partial charge is 0.485 e. The average Bonchev–Trinajstić information content (AvgIpc) is 2.40. The van der Waals surface area contributed by atoms with Gasteiger partial charge >= 0.3 is 0 Å². The first kappa shape index (κ1) is 12.2. The first-order valence-corrected chi connectivity index (χ1v) is 6.35. The normalized spacial score (nSPS) is 21.6. The van der Waals surface area contributed by atoms with Crippen LogP contribution in [0.1, 0.15) is 35.3 Å². The van der Waals surface area contributed by atoms with Crippen LogP contribution < -0.4 is 4.74 Å². The van der Waals surface area contributed by atoms with Crippen molar-refractivity contribution < 1.29 is 14.2 Å². The van der Waals surface area contributed by atoms with Gasteiger partial charge in [0.2, 0.25) is 0 Å². The number of halogens is 1. The summed E-state index contributed by atoms with van der Waals surface area (Å²) in [6.45, 7) is 2.02. The Bertz CT molecular complexity index is 609. The molecule has 0 saturated heterocycles. The monoisotopic (exact) mass is 258 g/mol. The van der Waals surface area contributed by atoms with Crippen LogP contribution in [0.4, 0.5) is 4.39 Å². The van der Waals surface area contributed by atoms with Gasteiger partial charge in [0.25, 0.3) is 0 Å². The van der Waals surface area contributed by atoms with Crippen LogP contribution in [0, 0.1) is 12.7 Å². The van der Waals surface area contributed by atoms with Crippen molar-refractivity contribution in [3.63, 3.8) is 0 Å². The van der Waals surface area contributed by atoms with Gasteiger partial charge in [0.1, 0.15) is 17.7 Å². The number of rotatable bonds is 1. The second-order valence-corrected chi connectivity index (χ2v) is 4.90. The summed E-state index contributed by atoms with van der Waals surface area (Å²) in [5.74, 6) is 0.212. The Morgan fingerprint density at radius 3 is 2.74 bits per heavy atom. The van der Waals surface area contributed by atoms with Crippen molar-refractivity contribution in [2.45, 2.75) is 25.6 Å². The number of aryl methyl sites for hydroxylation is 1. The maximum absolute atomic E-state index is 13.2. The molecule has 19 heavy (non-hydrogen) atoms. The Hall–Kier alpha value is -1.87. The Kier molecular flexibility index (Phi) is 2.99. The highest BCUT2D eigenvalue weighted by atomic mass is 19.1. The molecule has 2 nitrogen and oxygen atoms in total. The van der Waals surface area contributed by atoms with Crippen LogP contribution in [0.2, 0.25) is 0 Å². The highest BCUT2D eigenvalue weighted by Gasteiger charge is 2.28. The summed E-state index contributed by atoms with van der Waals surface area (Å²) < 4.78 is 19.1. The molecule has 1 aliphatic heterocycles. The summed E-state index contributed by atoms with van der Waals surface area (Å²) in [5, 5.41) is 10.2. The van der Waals surface area contributed by atoms with Gasteiger partial charge in [-0.25, -0.2) is 4.39 Å². The van der Waals surface area contributed by atoms with Gasteiger partial charge < -0.3 is 9.84 Å². The predicted octanol–water partition coefficient (Wildman–Crippen LogP) is 3.69. The fourth-order valence-corrected chi connectivity index (χ4v) is 2.56. The molecule has 0 aromatic heterocycles. The molecule has 2 aromatic carbocycles. The van der Waals surface area contributed by atoms with E-state index in [1.54, 1.807) is 6.07 Å². The van der Waals surface area contributed by atoms with E-state index in [2.05, 4.69) is 0 Å². The van der Waals surface area contributed by atoms with Gasteiger partial charge in [-0.1, -0.05) is 24.3 Å². The quantitative estimate of drug-likeness (QED) is 0.845. The Morgan fingerprint density at radius 2 is 1.95 bits per heavy atom. The third kappa shape index (κ3) is 2.22. The van der Waals surface area contributed by atoms with Gasteiger partial charge in [-0.3, -0.25) is 0 Å². The van der Waals surface area contributed by atoms with E-state index in [4.69, 9.17) is 4.74 Å². The average molecular weight is 258 g/mol. The molecular formula is C16H15FO2. The number of ether oxygens (including phenoxy) is 1. The van der Waals surface area contributed by atoms with Crippen LogP contribution >= 0.6 is 0 Å². The molecule has 1 aliphatic rings. The lowest BCUT2D eigenvalue weighted by molar-refractivity contribution is 0.0650. The van der Waals surface area contributed by atoms with Crippen LogP contribution in [0.5, 0.6) is 5.75 Å². The third-order valence-corrected chi connectivity index (χ3v) is 3.57. The van der Waals surface area contributed by atoms with Gasteiger partial charge in [-0.05, 0) is 36.2 Å². The molecule has 0 saturated carbocycles. The van der Waals surface area contributed by atoms with E-state index in [1.165, 1.54) is 12.1 Å². The Morgan fingerprint density at radius 1 is 1.16 bits per heavy atom. The van der Waals surface area contributed by atoms with Crippen molar-refractivity contribution >= 4 is 0 Å². The highest BCUT2D eigenvalue weighted by molar-refractivity contribution is 5.40. The minimum atomic E-state index is -0.691. The van der Waals surface area contributed by atoms with Gasteiger partial charge in [0.05, 0.1) is 6.10 Å². The summed E-state index contributed by atoms with van der Waals surface area (Å²) in [6.07, 6.45) is -0.431. The summed E-state index contributed by atoms with van der Waals surface area (Å²) >= 11 is 0. The van der Waals surface area contributed by atoms with Crippen molar-refractivity contribution in [2.75, 3.05) is 0 Å². The van der Waals surface area contributed by atoms with Gasteiger partial charge in [0.15, 0.2) is 0 Å². The second-order valence-electron chi connectivity index (χ2n) is 4.90. The molecule has 2 unspecified atom stereocenters. The molecule has 0 radical (unpaired) electrons. The van der Waals surface area contributed by atoms with Crippen molar-refractivity contribution in [1.29, 1.82) is 0 Å². The van der Waals surface area contributed by atoms with Crippen molar-refractivity contribution in [3.8, 4) is 5.75 Å². The van der Waals surface area contributed by atoms with Crippen LogP contribution in [0.15, 0.2) is 42.5 Å². The van der Waals surface area contributed by atoms with E-state index >= 15 is 0 Å². The zero-order valence-corrected chi connectivity index (χ0v) is 10.6. The molecule has 0 spiro atoms. The molecule has 1 heterocycles. The Labute approximate surface area is 111 Å². The lowest BCUT2D eigenvalue weighted by atomic mass is 9.93. The summed E-state index contributed by atoms with van der Waals surface area (Å²) in [6, 6.07) is 12.2. The fraction of sp³-hybridized carbons (Fsp3) is 0.250. The number of fused-ring (bicyclic) bond motifs is 1. The van der Waals surface area contributed by atoms with Crippen LogP contribution in [-0.2, 0) is 0 Å². The predicted molar refractivity (Wildman–Crippen MR) is 70.5 cm³/mol. The van der Waals surface area contributed by atoms with E-state index in [9.17, 15) is 9.50 Å². The maximum atomic E-state index is 13.2. The van der Waals surface area contributed by atoms with E-state index in [0.29, 0.717) is 17.7 Å². The number of hydrogen-bond acceptors (Lipinski definition) is 2. The number of hydrogen-bond donors (Lipinski definition) is 1. The summed E-state index contributed by atoms with van der Waals surface area (Å²) in [5.41, 5.74) is 2.73. The zero-order valence-electron chi connectivity index (χ0n) is 10.6. The number of aliphatic hydroxyl groups excluding tert-OH is 1. The Balaban J connectivity index is 1.97. The zero-order chi connectivity index (χ0) is 13.4. The summed E-state index contributed by atoms with van der Waals surface area (Å²) in [4.78, 5) is 0. The third-order valence-electron chi connectivity index (χ3n) is 3.57. The van der Waals surface area contributed by atoms with Gasteiger partial charge in [-0.15, -0.1) is 0 Å². The SMILES string of the molecule is Cc1ccccc1C1CC(O)c2cc(F)ccc2O1. The first-order chi connectivity index (χ1) is 9.15. The number of benzene rings is 2. The van der Waals surface area contributed by atoms with E-state index in [1.807, 2.05) is 31.2 Å². The van der Waals surface area contributed by atoms with Crippen LogP contribution in [0.25, 0.3) is 0 Å². The molecule has 3 rings (SSSR count). The standard InChI is InChI=1S/C16H15FO2/c1-10-4-2-3-5-12(10)16-9-14(18)13-8-11(17)6-7-15(13)19-16/h2-8,14,16,18H,9H2,1H3. The molecular weight excluding hydrogens is 243 g/mol. The van der Waals surface area contributed by atoms with Gasteiger partial charge in [0, 0.05) is 12.0 Å². The second kappa shape index (κ2) is 4.67. The smallest absolute Gasteiger partial charge is 0.127 e. The van der Waals surface area contributed by atoms with E-state index < -0.39 is 6.10 Å². The molecule has 2 atom stereocenters. The minimum Gasteiger partial charge on any atom is -0.485 e. The summed E-state index contributed by atoms with van der Waals surface area (Å²) in [7, 11) is 0. The molecule has 1 N–H and O–H groups in total. The fourth-order valence-electron chi connectivity index (χ4n) is 2.56. The molecule has 0 aliphatic carbocycles.